The molecule has 0 atom stereocenters. The lowest BCUT2D eigenvalue weighted by molar-refractivity contribution is -0.141. The summed E-state index contributed by atoms with van der Waals surface area (Å²) in [5.74, 6) is -0.781. The molecule has 5 rings (SSSR count). The molecule has 0 N–H and O–H groups in total. The maximum Gasteiger partial charge on any atom is 0.408 e. The largest absolute Gasteiger partial charge is 0.408 e. The zero-order chi connectivity index (χ0) is 23.2. The van der Waals surface area contributed by atoms with Crippen LogP contribution >= 0.6 is 0 Å². The van der Waals surface area contributed by atoms with Crippen LogP contribution in [0.15, 0.2) is 30.9 Å². The van der Waals surface area contributed by atoms with Crippen molar-refractivity contribution in [1.82, 2.24) is 34.0 Å². The molecule has 1 saturated heterocycles. The Labute approximate surface area is 184 Å². The van der Waals surface area contributed by atoms with Crippen LogP contribution in [-0.2, 0) is 6.54 Å². The van der Waals surface area contributed by atoms with Crippen LogP contribution in [0.2, 0.25) is 0 Å². The number of alkyl halides is 3. The number of fused-ring (bicyclic) bond motifs is 2. The van der Waals surface area contributed by atoms with Gasteiger partial charge in [0, 0.05) is 24.7 Å². The number of nitrogens with zero attached hydrogens (tertiary/aromatic N) is 7. The summed E-state index contributed by atoms with van der Waals surface area (Å²) in [6.45, 7) is -0.174. The van der Waals surface area contributed by atoms with Crippen molar-refractivity contribution in [2.75, 3.05) is 13.1 Å². The summed E-state index contributed by atoms with van der Waals surface area (Å²) < 4.78 is 55.7. The second kappa shape index (κ2) is 8.09. The second-order valence-electron chi connectivity index (χ2n) is 8.00. The van der Waals surface area contributed by atoms with Crippen LogP contribution in [-0.4, -0.2) is 59.2 Å². The fourth-order valence-electron chi connectivity index (χ4n) is 4.13. The summed E-state index contributed by atoms with van der Waals surface area (Å²) in [6.07, 6.45) is 4.10. The molecule has 4 aromatic heterocycles. The smallest absolute Gasteiger partial charge is 0.337 e. The fourth-order valence-corrected chi connectivity index (χ4v) is 4.13. The monoisotopic (exact) mass is 461 g/mol. The highest BCUT2D eigenvalue weighted by Crippen LogP contribution is 2.31. The van der Waals surface area contributed by atoms with Gasteiger partial charge in [-0.25, -0.2) is 14.4 Å². The maximum atomic E-state index is 13.8. The molecular weight excluding hydrogens is 442 g/mol. The molecule has 8 nitrogen and oxygen atoms in total. The van der Waals surface area contributed by atoms with E-state index in [9.17, 15) is 22.4 Å². The van der Waals surface area contributed by atoms with E-state index in [1.54, 1.807) is 4.90 Å². The first kappa shape index (κ1) is 21.3. The van der Waals surface area contributed by atoms with Gasteiger partial charge in [-0.15, -0.1) is 0 Å². The SMILES string of the molecule is O=C(c1cc2c(cn1)c(-c1cnc3ncc(F)cn13)nn2CC(F)(F)F)N1CCCCCC1. The first-order chi connectivity index (χ1) is 15.8. The van der Waals surface area contributed by atoms with Gasteiger partial charge in [0.05, 0.1) is 29.8 Å². The van der Waals surface area contributed by atoms with E-state index < -0.39 is 18.5 Å². The number of halogens is 4. The van der Waals surface area contributed by atoms with Gasteiger partial charge in [-0.2, -0.15) is 18.3 Å². The average molecular weight is 461 g/mol. The minimum Gasteiger partial charge on any atom is -0.337 e. The zero-order valence-corrected chi connectivity index (χ0v) is 17.4. The Balaban J connectivity index is 1.63. The average Bonchev–Trinajstić information content (AvgIpc) is 3.20. The Morgan fingerprint density at radius 1 is 1.00 bits per heavy atom. The highest BCUT2D eigenvalue weighted by molar-refractivity contribution is 5.99. The summed E-state index contributed by atoms with van der Waals surface area (Å²) in [5.41, 5.74) is 0.562. The molecule has 4 aromatic rings. The van der Waals surface area contributed by atoms with Gasteiger partial charge >= 0.3 is 6.18 Å². The molecule has 1 aliphatic rings. The molecule has 33 heavy (non-hydrogen) atoms. The molecule has 0 spiro atoms. The van der Waals surface area contributed by atoms with Crippen LogP contribution in [0, 0.1) is 5.82 Å². The molecule has 1 amide bonds. The number of hydrogen-bond acceptors (Lipinski definition) is 5. The topological polar surface area (TPSA) is 81.2 Å². The number of imidazole rings is 1. The van der Waals surface area contributed by atoms with E-state index in [1.165, 1.54) is 22.9 Å². The lowest BCUT2D eigenvalue weighted by Crippen LogP contribution is -2.32. The molecule has 0 aromatic carbocycles. The van der Waals surface area contributed by atoms with Gasteiger partial charge < -0.3 is 4.90 Å². The van der Waals surface area contributed by atoms with Gasteiger partial charge in [0.15, 0.2) is 5.82 Å². The third kappa shape index (κ3) is 4.12. The summed E-state index contributed by atoms with van der Waals surface area (Å²) >= 11 is 0. The van der Waals surface area contributed by atoms with Crippen LogP contribution in [0.25, 0.3) is 28.1 Å². The Morgan fingerprint density at radius 3 is 2.45 bits per heavy atom. The van der Waals surface area contributed by atoms with Gasteiger partial charge in [-0.3, -0.25) is 18.9 Å². The van der Waals surface area contributed by atoms with E-state index in [0.717, 1.165) is 42.8 Å². The number of carbonyl (C=O) groups is 1. The number of amides is 1. The van der Waals surface area contributed by atoms with Gasteiger partial charge in [-0.1, -0.05) is 12.8 Å². The molecular formula is C21H19F4N7O. The van der Waals surface area contributed by atoms with Gasteiger partial charge in [0.1, 0.15) is 17.9 Å². The highest BCUT2D eigenvalue weighted by atomic mass is 19.4. The van der Waals surface area contributed by atoms with E-state index in [-0.39, 0.29) is 39.7 Å². The van der Waals surface area contributed by atoms with Crippen LogP contribution < -0.4 is 0 Å². The van der Waals surface area contributed by atoms with Crippen molar-refractivity contribution in [3.63, 3.8) is 0 Å². The summed E-state index contributed by atoms with van der Waals surface area (Å²) in [5, 5.41) is 4.44. The fraction of sp³-hybridized carbons (Fsp3) is 0.381. The van der Waals surface area contributed by atoms with Crippen molar-refractivity contribution in [1.29, 1.82) is 0 Å². The van der Waals surface area contributed by atoms with E-state index in [0.29, 0.717) is 13.1 Å². The number of pyridine rings is 1. The number of hydrogen-bond donors (Lipinski definition) is 0. The Morgan fingerprint density at radius 2 is 1.73 bits per heavy atom. The zero-order valence-electron chi connectivity index (χ0n) is 17.4. The van der Waals surface area contributed by atoms with E-state index in [2.05, 4.69) is 20.1 Å². The third-order valence-corrected chi connectivity index (χ3v) is 5.65. The number of likely N-dealkylation sites (tertiary alicyclic amines) is 1. The van der Waals surface area contributed by atoms with Gasteiger partial charge in [-0.05, 0) is 18.9 Å². The molecule has 0 aliphatic carbocycles. The number of aromatic nitrogens is 6. The minimum atomic E-state index is -4.54. The number of carbonyl (C=O) groups excluding carboxylic acids is 1. The lowest BCUT2D eigenvalue weighted by Gasteiger charge is -2.19. The van der Waals surface area contributed by atoms with Crippen LogP contribution in [0.3, 0.4) is 0 Å². The lowest BCUT2D eigenvalue weighted by atomic mass is 10.2. The molecule has 0 radical (unpaired) electrons. The first-order valence-corrected chi connectivity index (χ1v) is 10.5. The Hall–Kier alpha value is -3.57. The molecule has 0 saturated carbocycles. The van der Waals surface area contributed by atoms with Crippen LogP contribution in [0.5, 0.6) is 0 Å². The summed E-state index contributed by atoms with van der Waals surface area (Å²) in [4.78, 5) is 26.9. The quantitative estimate of drug-likeness (QED) is 0.433. The molecule has 0 bridgehead atoms. The molecule has 1 fully saturated rings. The van der Waals surface area contributed by atoms with Crippen LogP contribution in [0.4, 0.5) is 17.6 Å². The Bertz CT molecular complexity index is 1340. The first-order valence-electron chi connectivity index (χ1n) is 10.5. The Kier molecular flexibility index (Phi) is 5.22. The molecule has 5 heterocycles. The van der Waals surface area contributed by atoms with Gasteiger partial charge in [0.2, 0.25) is 5.78 Å². The third-order valence-electron chi connectivity index (χ3n) is 5.65. The predicted molar refractivity (Wildman–Crippen MR) is 110 cm³/mol. The number of rotatable bonds is 3. The molecule has 1 aliphatic heterocycles. The van der Waals surface area contributed by atoms with Crippen molar-refractivity contribution in [2.24, 2.45) is 0 Å². The van der Waals surface area contributed by atoms with Crippen molar-refractivity contribution in [3.05, 3.63) is 42.4 Å². The van der Waals surface area contributed by atoms with Crippen molar-refractivity contribution < 1.29 is 22.4 Å². The highest BCUT2D eigenvalue weighted by Gasteiger charge is 2.31. The maximum absolute atomic E-state index is 13.8. The molecule has 0 unspecified atom stereocenters. The van der Waals surface area contributed by atoms with Crippen LogP contribution in [0.1, 0.15) is 36.2 Å². The summed E-state index contributed by atoms with van der Waals surface area (Å²) in [7, 11) is 0. The second-order valence-corrected chi connectivity index (χ2v) is 8.00. The van der Waals surface area contributed by atoms with E-state index >= 15 is 0 Å². The van der Waals surface area contributed by atoms with Gasteiger partial charge in [0.25, 0.3) is 5.91 Å². The summed E-state index contributed by atoms with van der Waals surface area (Å²) in [6, 6.07) is 1.34. The van der Waals surface area contributed by atoms with Crippen molar-refractivity contribution >= 4 is 22.6 Å². The van der Waals surface area contributed by atoms with E-state index in [4.69, 9.17) is 0 Å². The predicted octanol–water partition coefficient (Wildman–Crippen LogP) is 3.86. The standard InChI is InChI=1S/C21H19F4N7O/c22-13-8-27-20-28-10-17(31(20)11-13)18-14-9-26-15(19(33)30-5-3-1-2-4-6-30)7-16(14)32(29-18)12-21(23,24)25/h7-11H,1-6,12H2. The van der Waals surface area contributed by atoms with Crippen molar-refractivity contribution in [3.8, 4) is 11.4 Å². The van der Waals surface area contributed by atoms with E-state index in [1.807, 2.05) is 0 Å². The van der Waals surface area contributed by atoms with Crippen molar-refractivity contribution in [2.45, 2.75) is 38.4 Å². The normalized spacial score (nSPS) is 15.3. The minimum absolute atomic E-state index is 0.0603. The molecule has 172 valence electrons. The molecule has 12 heteroatoms.